The number of ether oxygens (including phenoxy) is 3. The normalized spacial score (nSPS) is 13.7. The van der Waals surface area contributed by atoms with Gasteiger partial charge in [-0.15, -0.1) is 0 Å². The number of hydrogen-bond donors (Lipinski definition) is 1. The van der Waals surface area contributed by atoms with Gasteiger partial charge in [-0.2, -0.15) is 0 Å². The van der Waals surface area contributed by atoms with Gasteiger partial charge >= 0.3 is 8.56 Å². The van der Waals surface area contributed by atoms with Crippen LogP contribution in [0.1, 0.15) is 13.3 Å². The molecule has 0 radical (unpaired) electrons. The summed E-state index contributed by atoms with van der Waals surface area (Å²) in [7, 11) is 1.10. The van der Waals surface area contributed by atoms with E-state index in [1.807, 2.05) is 6.55 Å². The number of aliphatic hydroxyl groups is 1. The molecule has 0 amide bonds. The summed E-state index contributed by atoms with van der Waals surface area (Å²) in [5, 5.41) is 9.10. The van der Waals surface area contributed by atoms with Crippen molar-refractivity contribution >= 4 is 8.56 Å². The van der Waals surface area contributed by atoms with Crippen molar-refractivity contribution in [3.05, 3.63) is 0 Å². The first kappa shape index (κ1) is 20.0. The molecule has 0 spiro atoms. The van der Waals surface area contributed by atoms with Gasteiger partial charge in [0, 0.05) is 20.8 Å². The zero-order valence-corrected chi connectivity index (χ0v) is 14.2. The third-order valence-corrected chi connectivity index (χ3v) is 5.56. The van der Waals surface area contributed by atoms with Crippen molar-refractivity contribution in [2.24, 2.45) is 0 Å². The molecule has 122 valence electrons. The molecule has 0 aliphatic rings. The van der Waals surface area contributed by atoms with Gasteiger partial charge in [0.15, 0.2) is 0 Å². The first-order valence-corrected chi connectivity index (χ1v) is 9.58. The van der Waals surface area contributed by atoms with Crippen molar-refractivity contribution in [2.75, 3.05) is 53.9 Å². The fourth-order valence-corrected chi connectivity index (χ4v) is 3.81. The Morgan fingerprint density at radius 2 is 1.50 bits per heavy atom. The van der Waals surface area contributed by atoms with Crippen molar-refractivity contribution in [3.8, 4) is 0 Å². The van der Waals surface area contributed by atoms with Gasteiger partial charge in [0.1, 0.15) is 0 Å². The summed E-state index contributed by atoms with van der Waals surface area (Å²) in [4.78, 5) is 0. The molecule has 6 nitrogen and oxygen atoms in total. The van der Waals surface area contributed by atoms with Crippen LogP contribution in [0.4, 0.5) is 0 Å². The van der Waals surface area contributed by atoms with Crippen LogP contribution in [0.15, 0.2) is 0 Å². The van der Waals surface area contributed by atoms with Crippen LogP contribution in [0.5, 0.6) is 0 Å². The molecule has 0 heterocycles. The Kier molecular flexibility index (Phi) is 12.7. The summed E-state index contributed by atoms with van der Waals surface area (Å²) in [5.41, 5.74) is 0. The Labute approximate surface area is 123 Å². The maximum atomic E-state index is 9.10. The third kappa shape index (κ3) is 11.8. The zero-order valence-electron chi connectivity index (χ0n) is 13.2. The van der Waals surface area contributed by atoms with Gasteiger partial charge in [0.25, 0.3) is 0 Å². The fraction of sp³-hybridized carbons (Fsp3) is 1.00. The maximum Gasteiger partial charge on any atom is 0.335 e. The van der Waals surface area contributed by atoms with Gasteiger partial charge in [-0.3, -0.25) is 0 Å². The SMILES string of the molecule is COCCO[Si](C)(CCCOCC(C)O)OCCOC. The van der Waals surface area contributed by atoms with Crippen molar-refractivity contribution in [1.29, 1.82) is 0 Å². The molecule has 0 fully saturated rings. The number of aliphatic hydroxyl groups excluding tert-OH is 1. The highest BCUT2D eigenvalue weighted by molar-refractivity contribution is 6.66. The van der Waals surface area contributed by atoms with Gasteiger partial charge in [-0.25, -0.2) is 0 Å². The fourth-order valence-electron chi connectivity index (χ4n) is 1.62. The van der Waals surface area contributed by atoms with Crippen LogP contribution in [-0.4, -0.2) is 73.6 Å². The average molecular weight is 310 g/mol. The molecular formula is C13H30O6Si. The van der Waals surface area contributed by atoms with Crippen molar-refractivity contribution in [3.63, 3.8) is 0 Å². The van der Waals surface area contributed by atoms with Crippen LogP contribution in [-0.2, 0) is 23.1 Å². The second kappa shape index (κ2) is 12.7. The molecule has 7 heteroatoms. The second-order valence-electron chi connectivity index (χ2n) is 4.84. The monoisotopic (exact) mass is 310 g/mol. The molecule has 0 aliphatic carbocycles. The Hall–Kier alpha value is -0.0231. The lowest BCUT2D eigenvalue weighted by Crippen LogP contribution is -2.40. The molecular weight excluding hydrogens is 280 g/mol. The number of methoxy groups -OCH3 is 2. The smallest absolute Gasteiger partial charge is 0.335 e. The maximum absolute atomic E-state index is 9.10. The van der Waals surface area contributed by atoms with Crippen LogP contribution >= 0.6 is 0 Å². The molecule has 0 aromatic carbocycles. The summed E-state index contributed by atoms with van der Waals surface area (Å²) >= 11 is 0. The van der Waals surface area contributed by atoms with Gasteiger partial charge in [0.05, 0.1) is 39.1 Å². The summed E-state index contributed by atoms with van der Waals surface area (Å²) < 4.78 is 27.1. The first-order chi connectivity index (χ1) is 9.54. The van der Waals surface area contributed by atoms with E-state index >= 15 is 0 Å². The number of hydrogen-bond acceptors (Lipinski definition) is 6. The molecule has 0 bridgehead atoms. The highest BCUT2D eigenvalue weighted by atomic mass is 28.4. The van der Waals surface area contributed by atoms with E-state index in [0.717, 1.165) is 12.5 Å². The molecule has 0 saturated carbocycles. The predicted molar refractivity (Wildman–Crippen MR) is 79.2 cm³/mol. The lowest BCUT2D eigenvalue weighted by atomic mass is 10.4. The van der Waals surface area contributed by atoms with E-state index < -0.39 is 14.7 Å². The highest BCUT2D eigenvalue weighted by Crippen LogP contribution is 2.16. The van der Waals surface area contributed by atoms with E-state index in [0.29, 0.717) is 39.6 Å². The lowest BCUT2D eigenvalue weighted by Gasteiger charge is -2.27. The highest BCUT2D eigenvalue weighted by Gasteiger charge is 2.30. The van der Waals surface area contributed by atoms with E-state index in [1.165, 1.54) is 0 Å². The molecule has 0 aromatic rings. The standard InChI is InChI=1S/C13H30O6Si/c1-13(14)12-17-6-5-11-20(4,18-9-7-15-2)19-10-8-16-3/h13-14H,5-12H2,1-4H3. The van der Waals surface area contributed by atoms with E-state index in [2.05, 4.69) is 0 Å². The van der Waals surface area contributed by atoms with E-state index in [-0.39, 0.29) is 0 Å². The second-order valence-corrected chi connectivity index (χ2v) is 8.19. The summed E-state index contributed by atoms with van der Waals surface area (Å²) in [6.45, 7) is 6.95. The first-order valence-electron chi connectivity index (χ1n) is 7.05. The summed E-state index contributed by atoms with van der Waals surface area (Å²) in [5.74, 6) is 0. The summed E-state index contributed by atoms with van der Waals surface area (Å²) in [6.07, 6.45) is 0.435. The van der Waals surface area contributed by atoms with Crippen LogP contribution in [0.2, 0.25) is 12.6 Å². The minimum Gasteiger partial charge on any atom is -0.392 e. The Morgan fingerprint density at radius 3 is 1.95 bits per heavy atom. The third-order valence-electron chi connectivity index (χ3n) is 2.67. The van der Waals surface area contributed by atoms with Gasteiger partial charge in [-0.05, 0) is 25.9 Å². The molecule has 1 unspecified atom stereocenters. The minimum absolute atomic E-state index is 0.368. The van der Waals surface area contributed by atoms with Crippen LogP contribution in [0, 0.1) is 0 Å². The van der Waals surface area contributed by atoms with Crippen LogP contribution in [0.3, 0.4) is 0 Å². The van der Waals surface area contributed by atoms with Gasteiger partial charge < -0.3 is 28.2 Å². The summed E-state index contributed by atoms with van der Waals surface area (Å²) in [6, 6.07) is 0.847. The average Bonchev–Trinajstić information content (AvgIpc) is 2.39. The Bertz CT molecular complexity index is 205. The van der Waals surface area contributed by atoms with E-state index in [9.17, 15) is 0 Å². The zero-order chi connectivity index (χ0) is 15.3. The van der Waals surface area contributed by atoms with E-state index in [1.54, 1.807) is 21.1 Å². The lowest BCUT2D eigenvalue weighted by molar-refractivity contribution is 0.0445. The molecule has 0 rings (SSSR count). The minimum atomic E-state index is -2.20. The van der Waals surface area contributed by atoms with Crippen molar-refractivity contribution in [1.82, 2.24) is 0 Å². The molecule has 0 aliphatic heterocycles. The van der Waals surface area contributed by atoms with Crippen LogP contribution < -0.4 is 0 Å². The molecule has 1 N–H and O–H groups in total. The molecule has 1 atom stereocenters. The largest absolute Gasteiger partial charge is 0.392 e. The van der Waals surface area contributed by atoms with Gasteiger partial charge in [-0.1, -0.05) is 0 Å². The predicted octanol–water partition coefficient (Wildman–Crippen LogP) is 1.17. The quantitative estimate of drug-likeness (QED) is 0.384. The topological polar surface area (TPSA) is 66.4 Å². The van der Waals surface area contributed by atoms with Crippen LogP contribution in [0.25, 0.3) is 0 Å². The number of rotatable bonds is 14. The molecule has 20 heavy (non-hydrogen) atoms. The van der Waals surface area contributed by atoms with Gasteiger partial charge in [0.2, 0.25) is 0 Å². The molecule has 0 aromatic heterocycles. The van der Waals surface area contributed by atoms with Crippen molar-refractivity contribution in [2.45, 2.75) is 32.0 Å². The Morgan fingerprint density at radius 1 is 0.950 bits per heavy atom. The Balaban J connectivity index is 3.95. The van der Waals surface area contributed by atoms with E-state index in [4.69, 9.17) is 28.2 Å². The molecule has 0 saturated heterocycles. The van der Waals surface area contributed by atoms with Crippen molar-refractivity contribution < 1.29 is 28.2 Å².